The van der Waals surface area contributed by atoms with Crippen molar-refractivity contribution >= 4 is 22.8 Å². The normalized spacial score (nSPS) is 14.3. The summed E-state index contributed by atoms with van der Waals surface area (Å²) in [4.78, 5) is 25.0. The van der Waals surface area contributed by atoms with Gasteiger partial charge in [-0.05, 0) is 45.0 Å². The summed E-state index contributed by atoms with van der Waals surface area (Å²) in [6.45, 7) is 2.01. The first kappa shape index (κ1) is 25.0. The summed E-state index contributed by atoms with van der Waals surface area (Å²) < 4.78 is 12.6. The first-order valence-corrected chi connectivity index (χ1v) is 11.7. The molecule has 1 aliphatic heterocycles. The van der Waals surface area contributed by atoms with Gasteiger partial charge in [-0.25, -0.2) is 14.6 Å². The molecule has 1 saturated heterocycles. The number of aromatic nitrogens is 4. The third kappa shape index (κ3) is 5.58. The maximum absolute atomic E-state index is 12.5. The third-order valence-electron chi connectivity index (χ3n) is 6.05. The SMILES string of the molecule is COc1cc(C#Cc2nn(C3CCN(C(=O)C=CCN(C)C)CC3)c3ncnc(N)c23)cc(OC)c1. The van der Waals surface area contributed by atoms with Crippen molar-refractivity contribution < 1.29 is 14.3 Å². The number of piperidine rings is 1. The Hall–Kier alpha value is -4.10. The quantitative estimate of drug-likeness (QED) is 0.414. The number of nitrogen functional groups attached to an aromatic ring is 1. The number of nitrogens with two attached hydrogens (primary N) is 1. The lowest BCUT2D eigenvalue weighted by atomic mass is 10.1. The number of amides is 1. The zero-order valence-electron chi connectivity index (χ0n) is 21.1. The number of methoxy groups -OCH3 is 2. The minimum atomic E-state index is 0.0347. The highest BCUT2D eigenvalue weighted by Gasteiger charge is 2.26. The van der Waals surface area contributed by atoms with E-state index >= 15 is 0 Å². The number of carbonyl (C=O) groups excluding carboxylic acids is 1. The van der Waals surface area contributed by atoms with E-state index in [-0.39, 0.29) is 11.9 Å². The summed E-state index contributed by atoms with van der Waals surface area (Å²) in [7, 11) is 7.13. The number of hydrogen-bond donors (Lipinski definition) is 1. The van der Waals surface area contributed by atoms with Crippen LogP contribution in [0.3, 0.4) is 0 Å². The van der Waals surface area contributed by atoms with Crippen molar-refractivity contribution in [2.24, 2.45) is 0 Å². The van der Waals surface area contributed by atoms with E-state index in [1.807, 2.05) is 46.8 Å². The molecular weight excluding hydrogens is 458 g/mol. The van der Waals surface area contributed by atoms with Crippen molar-refractivity contribution in [2.75, 3.05) is 53.7 Å². The second kappa shape index (κ2) is 11.1. The number of rotatable bonds is 6. The Morgan fingerprint density at radius 2 is 1.83 bits per heavy atom. The summed E-state index contributed by atoms with van der Waals surface area (Å²) >= 11 is 0. The molecule has 3 aromatic rings. The van der Waals surface area contributed by atoms with Crippen LogP contribution in [0.15, 0.2) is 36.7 Å². The zero-order valence-corrected chi connectivity index (χ0v) is 21.1. The molecular formula is C26H31N7O3. The van der Waals surface area contributed by atoms with Gasteiger partial charge in [0.2, 0.25) is 5.91 Å². The molecule has 188 valence electrons. The number of anilines is 1. The molecule has 0 bridgehead atoms. The molecule has 10 heteroatoms. The summed E-state index contributed by atoms with van der Waals surface area (Å²) in [5.41, 5.74) is 8.09. The molecule has 0 atom stereocenters. The Kier molecular flexibility index (Phi) is 7.71. The van der Waals surface area contributed by atoms with Gasteiger partial charge in [0.25, 0.3) is 0 Å². The fourth-order valence-corrected chi connectivity index (χ4v) is 4.15. The Labute approximate surface area is 210 Å². The molecule has 0 spiro atoms. The summed E-state index contributed by atoms with van der Waals surface area (Å²) in [6.07, 6.45) is 6.49. The van der Waals surface area contributed by atoms with Crippen molar-refractivity contribution in [2.45, 2.75) is 18.9 Å². The molecule has 1 fully saturated rings. The summed E-state index contributed by atoms with van der Waals surface area (Å²) in [5, 5.41) is 5.42. The van der Waals surface area contributed by atoms with Gasteiger partial charge in [0, 0.05) is 37.3 Å². The van der Waals surface area contributed by atoms with Gasteiger partial charge >= 0.3 is 0 Å². The van der Waals surface area contributed by atoms with E-state index < -0.39 is 0 Å². The van der Waals surface area contributed by atoms with Crippen molar-refractivity contribution in [3.05, 3.63) is 47.9 Å². The fourth-order valence-electron chi connectivity index (χ4n) is 4.15. The molecule has 0 unspecified atom stereocenters. The molecule has 2 aromatic heterocycles. The monoisotopic (exact) mass is 489 g/mol. The number of fused-ring (bicyclic) bond motifs is 1. The highest BCUT2D eigenvalue weighted by Crippen LogP contribution is 2.29. The molecule has 1 aliphatic rings. The summed E-state index contributed by atoms with van der Waals surface area (Å²) in [5.74, 6) is 7.93. The van der Waals surface area contributed by atoms with E-state index in [1.165, 1.54) is 6.33 Å². The fraction of sp³-hybridized carbons (Fsp3) is 0.385. The van der Waals surface area contributed by atoms with Crippen LogP contribution < -0.4 is 15.2 Å². The molecule has 1 amide bonds. The predicted octanol–water partition coefficient (Wildman–Crippen LogP) is 2.11. The minimum absolute atomic E-state index is 0.0347. The largest absolute Gasteiger partial charge is 0.497 e. The maximum Gasteiger partial charge on any atom is 0.246 e. The minimum Gasteiger partial charge on any atom is -0.497 e. The van der Waals surface area contributed by atoms with E-state index in [4.69, 9.17) is 20.3 Å². The van der Waals surface area contributed by atoms with Crippen molar-refractivity contribution in [1.82, 2.24) is 29.5 Å². The van der Waals surface area contributed by atoms with Gasteiger partial charge < -0.3 is 25.0 Å². The van der Waals surface area contributed by atoms with Gasteiger partial charge in [-0.1, -0.05) is 12.0 Å². The number of ether oxygens (including phenoxy) is 2. The van der Waals surface area contributed by atoms with Crippen LogP contribution in [0.5, 0.6) is 11.5 Å². The number of carbonyl (C=O) groups is 1. The van der Waals surface area contributed by atoms with E-state index in [0.29, 0.717) is 47.1 Å². The Morgan fingerprint density at radius 1 is 1.14 bits per heavy atom. The van der Waals surface area contributed by atoms with Gasteiger partial charge in [0.15, 0.2) is 5.65 Å². The van der Waals surface area contributed by atoms with Crippen molar-refractivity contribution in [3.8, 4) is 23.3 Å². The molecule has 4 rings (SSSR count). The second-order valence-corrected chi connectivity index (χ2v) is 8.82. The number of likely N-dealkylation sites (N-methyl/N-ethyl adjacent to an activating group) is 1. The van der Waals surface area contributed by atoms with Gasteiger partial charge in [-0.3, -0.25) is 4.79 Å². The highest BCUT2D eigenvalue weighted by molar-refractivity contribution is 5.90. The zero-order chi connectivity index (χ0) is 25.7. The molecule has 10 nitrogen and oxygen atoms in total. The first-order valence-electron chi connectivity index (χ1n) is 11.7. The van der Waals surface area contributed by atoms with E-state index in [1.54, 1.807) is 26.4 Å². The molecule has 0 radical (unpaired) electrons. The second-order valence-electron chi connectivity index (χ2n) is 8.82. The van der Waals surface area contributed by atoms with Gasteiger partial charge in [0.05, 0.1) is 25.6 Å². The number of benzene rings is 1. The summed E-state index contributed by atoms with van der Waals surface area (Å²) in [6, 6.07) is 5.52. The number of nitrogens with zero attached hydrogens (tertiary/aromatic N) is 6. The number of hydrogen-bond acceptors (Lipinski definition) is 8. The molecule has 36 heavy (non-hydrogen) atoms. The first-order chi connectivity index (χ1) is 17.4. The third-order valence-corrected chi connectivity index (χ3v) is 6.05. The smallest absolute Gasteiger partial charge is 0.246 e. The van der Waals surface area contributed by atoms with E-state index in [2.05, 4.69) is 21.8 Å². The molecule has 0 aliphatic carbocycles. The molecule has 0 saturated carbocycles. The van der Waals surface area contributed by atoms with Crippen molar-refractivity contribution in [3.63, 3.8) is 0 Å². The average molecular weight is 490 g/mol. The highest BCUT2D eigenvalue weighted by atomic mass is 16.5. The van der Waals surface area contributed by atoms with Crippen LogP contribution in [0.2, 0.25) is 0 Å². The Morgan fingerprint density at radius 3 is 2.47 bits per heavy atom. The van der Waals surface area contributed by atoms with Crippen LogP contribution in [0.25, 0.3) is 11.0 Å². The van der Waals surface area contributed by atoms with Gasteiger partial charge in [-0.2, -0.15) is 5.10 Å². The van der Waals surface area contributed by atoms with Crippen LogP contribution in [0, 0.1) is 11.8 Å². The lowest BCUT2D eigenvalue weighted by Gasteiger charge is -2.31. The van der Waals surface area contributed by atoms with Crippen LogP contribution in [-0.2, 0) is 4.79 Å². The number of likely N-dealkylation sites (tertiary alicyclic amines) is 1. The van der Waals surface area contributed by atoms with Crippen LogP contribution in [0.1, 0.15) is 30.1 Å². The average Bonchev–Trinajstić information content (AvgIpc) is 3.27. The lowest BCUT2D eigenvalue weighted by Crippen LogP contribution is -2.38. The van der Waals surface area contributed by atoms with Gasteiger partial charge in [-0.15, -0.1) is 0 Å². The van der Waals surface area contributed by atoms with E-state index in [9.17, 15) is 4.79 Å². The Bertz CT molecular complexity index is 1310. The van der Waals surface area contributed by atoms with E-state index in [0.717, 1.165) is 24.9 Å². The standard InChI is InChI=1S/C26H31N7O3/c1-31(2)11-5-6-23(34)32-12-9-19(10-13-32)33-26-24(25(27)28-17-29-26)22(30-33)8-7-18-14-20(35-3)16-21(15-18)36-4/h5-6,14-17,19H,9-13H2,1-4H3,(H2,27,28,29). The van der Waals surface area contributed by atoms with Crippen LogP contribution in [0.4, 0.5) is 5.82 Å². The molecule has 3 heterocycles. The van der Waals surface area contributed by atoms with Gasteiger partial charge in [0.1, 0.15) is 29.3 Å². The van der Waals surface area contributed by atoms with Crippen LogP contribution >= 0.6 is 0 Å². The van der Waals surface area contributed by atoms with Crippen molar-refractivity contribution in [1.29, 1.82) is 0 Å². The Balaban J connectivity index is 1.58. The maximum atomic E-state index is 12.5. The molecule has 2 N–H and O–H groups in total. The topological polar surface area (TPSA) is 112 Å². The predicted molar refractivity (Wildman–Crippen MR) is 138 cm³/mol. The van der Waals surface area contributed by atoms with Crippen LogP contribution in [-0.4, -0.2) is 83.4 Å². The lowest BCUT2D eigenvalue weighted by molar-refractivity contribution is -0.127. The molecule has 1 aromatic carbocycles.